The second-order valence-electron chi connectivity index (χ2n) is 3.71. The predicted molar refractivity (Wildman–Crippen MR) is 67.7 cm³/mol. The number of carboxylic acid groups (broad SMARTS) is 2. The highest BCUT2D eigenvalue weighted by Crippen LogP contribution is 1.92. The molecule has 0 rings (SSSR count). The lowest BCUT2D eigenvalue weighted by Crippen LogP contribution is -2.48. The van der Waals surface area contributed by atoms with E-state index < -0.39 is 40.5 Å². The fourth-order valence-corrected chi connectivity index (χ4v) is 2.13. The minimum absolute atomic E-state index is 0.216. The zero-order valence-corrected chi connectivity index (χ0v) is 11.6. The first-order chi connectivity index (χ1) is 9.18. The second-order valence-corrected chi connectivity index (χ2v) is 5.63. The van der Waals surface area contributed by atoms with Gasteiger partial charge in [0, 0.05) is 13.1 Å². The van der Waals surface area contributed by atoms with Crippen LogP contribution in [0.25, 0.3) is 0 Å². The molecule has 0 bridgehead atoms. The summed E-state index contributed by atoms with van der Waals surface area (Å²) in [5, 5.41) is 21.2. The van der Waals surface area contributed by atoms with Crippen LogP contribution in [0.15, 0.2) is 0 Å². The molecule has 0 heterocycles. The Morgan fingerprint density at radius 3 is 2.25 bits per heavy atom. The summed E-state index contributed by atoms with van der Waals surface area (Å²) in [6.45, 7) is 1.58. The van der Waals surface area contributed by atoms with Crippen molar-refractivity contribution in [1.29, 1.82) is 0 Å². The highest BCUT2D eigenvalue weighted by atomic mass is 32.2. The fourth-order valence-electron chi connectivity index (χ4n) is 1.17. The molecule has 11 heteroatoms. The minimum Gasteiger partial charge on any atom is -0.481 e. The number of carbonyl (C=O) groups excluding carboxylic acids is 1. The van der Waals surface area contributed by atoms with Crippen LogP contribution in [0.1, 0.15) is 13.3 Å². The summed E-state index contributed by atoms with van der Waals surface area (Å²) in [5.74, 6) is -3.25. The quantitative estimate of drug-likeness (QED) is 0.334. The van der Waals surface area contributed by atoms with Gasteiger partial charge in [0.05, 0.1) is 12.2 Å². The molecule has 0 saturated heterocycles. The van der Waals surface area contributed by atoms with Crippen LogP contribution in [0, 0.1) is 0 Å². The number of hydrogen-bond acceptors (Lipinski definition) is 5. The first-order valence-electron chi connectivity index (χ1n) is 5.64. The van der Waals surface area contributed by atoms with Gasteiger partial charge in [0.2, 0.25) is 10.0 Å². The molecule has 10 nitrogen and oxygen atoms in total. The lowest BCUT2D eigenvalue weighted by molar-refractivity contribution is -0.145. The van der Waals surface area contributed by atoms with Crippen molar-refractivity contribution < 1.29 is 33.0 Å². The largest absolute Gasteiger partial charge is 0.481 e. The van der Waals surface area contributed by atoms with Gasteiger partial charge in [0.25, 0.3) is 0 Å². The van der Waals surface area contributed by atoms with Crippen LogP contribution < -0.4 is 15.4 Å². The molecule has 0 unspecified atom stereocenters. The molecule has 0 radical (unpaired) electrons. The monoisotopic (exact) mass is 311 g/mol. The standard InChI is InChI=1S/C9H17N3O7S/c1-2-11-20(18,19)4-3-10-9(17)12-6(8(15)16)5-7(13)14/h6,11H,2-5H2,1H3,(H,13,14)(H,15,16)(H2,10,12,17)/t6-/m1/s1. The molecule has 0 aliphatic rings. The van der Waals surface area contributed by atoms with Crippen molar-refractivity contribution in [3.63, 3.8) is 0 Å². The molecule has 0 saturated carbocycles. The Morgan fingerprint density at radius 2 is 1.80 bits per heavy atom. The van der Waals surface area contributed by atoms with Gasteiger partial charge >= 0.3 is 18.0 Å². The molecule has 116 valence electrons. The van der Waals surface area contributed by atoms with Crippen molar-refractivity contribution >= 4 is 28.0 Å². The molecule has 0 aromatic carbocycles. The van der Waals surface area contributed by atoms with Crippen molar-refractivity contribution in [2.24, 2.45) is 0 Å². The average Bonchev–Trinajstić information content (AvgIpc) is 2.26. The average molecular weight is 311 g/mol. The van der Waals surface area contributed by atoms with Crippen LogP contribution in [-0.4, -0.2) is 61.5 Å². The maximum absolute atomic E-state index is 11.3. The smallest absolute Gasteiger partial charge is 0.326 e. The van der Waals surface area contributed by atoms with E-state index in [1.54, 1.807) is 6.92 Å². The van der Waals surface area contributed by atoms with Crippen molar-refractivity contribution in [3.8, 4) is 0 Å². The number of hydrogen-bond donors (Lipinski definition) is 5. The van der Waals surface area contributed by atoms with E-state index >= 15 is 0 Å². The minimum atomic E-state index is -3.49. The molecule has 5 N–H and O–H groups in total. The van der Waals surface area contributed by atoms with Gasteiger partial charge in [-0.05, 0) is 0 Å². The topological polar surface area (TPSA) is 162 Å². The Balaban J connectivity index is 4.21. The van der Waals surface area contributed by atoms with Gasteiger partial charge in [-0.1, -0.05) is 6.92 Å². The van der Waals surface area contributed by atoms with Gasteiger partial charge in [-0.15, -0.1) is 0 Å². The van der Waals surface area contributed by atoms with Gasteiger partial charge in [-0.2, -0.15) is 0 Å². The number of aliphatic carboxylic acids is 2. The van der Waals surface area contributed by atoms with Gasteiger partial charge in [-0.3, -0.25) is 4.79 Å². The van der Waals surface area contributed by atoms with Crippen molar-refractivity contribution in [2.45, 2.75) is 19.4 Å². The molecule has 0 fully saturated rings. The van der Waals surface area contributed by atoms with Crippen LogP contribution in [0.5, 0.6) is 0 Å². The third-order valence-corrected chi connectivity index (χ3v) is 3.47. The van der Waals surface area contributed by atoms with E-state index in [0.717, 1.165) is 0 Å². The van der Waals surface area contributed by atoms with Gasteiger partial charge in [-0.25, -0.2) is 22.7 Å². The zero-order valence-electron chi connectivity index (χ0n) is 10.7. The molecule has 2 amide bonds. The highest BCUT2D eigenvalue weighted by Gasteiger charge is 2.22. The van der Waals surface area contributed by atoms with Crippen LogP contribution in [0.2, 0.25) is 0 Å². The fraction of sp³-hybridized carbons (Fsp3) is 0.667. The van der Waals surface area contributed by atoms with Gasteiger partial charge in [0.1, 0.15) is 6.04 Å². The van der Waals surface area contributed by atoms with Gasteiger partial charge in [0.15, 0.2) is 0 Å². The second kappa shape index (κ2) is 8.32. The maximum Gasteiger partial charge on any atom is 0.326 e. The zero-order chi connectivity index (χ0) is 15.8. The number of sulfonamides is 1. The molecular weight excluding hydrogens is 294 g/mol. The van der Waals surface area contributed by atoms with Crippen LogP contribution in [-0.2, 0) is 19.6 Å². The molecule has 20 heavy (non-hydrogen) atoms. The Kier molecular flexibility index (Phi) is 7.54. The summed E-state index contributed by atoms with van der Waals surface area (Å²) in [6, 6.07) is -2.54. The molecule has 0 aliphatic heterocycles. The molecule has 0 spiro atoms. The molecule has 1 atom stereocenters. The number of amides is 2. The third kappa shape index (κ3) is 8.26. The Labute approximate surface area is 115 Å². The first kappa shape index (κ1) is 18.1. The normalized spacial score (nSPS) is 12.4. The predicted octanol–water partition coefficient (Wildman–Crippen LogP) is -1.85. The summed E-state index contributed by atoms with van der Waals surface area (Å²) in [4.78, 5) is 32.4. The SMILES string of the molecule is CCNS(=O)(=O)CCNC(=O)N[C@H](CC(=O)O)C(=O)O. The van der Waals surface area contributed by atoms with Crippen molar-refractivity contribution in [2.75, 3.05) is 18.8 Å². The molecule has 0 aliphatic carbocycles. The third-order valence-electron chi connectivity index (χ3n) is 2.00. The summed E-state index contributed by atoms with van der Waals surface area (Å²) in [6.07, 6.45) is -0.779. The van der Waals surface area contributed by atoms with Crippen LogP contribution in [0.3, 0.4) is 0 Å². The van der Waals surface area contributed by atoms with E-state index in [9.17, 15) is 22.8 Å². The van der Waals surface area contributed by atoms with E-state index in [4.69, 9.17) is 10.2 Å². The van der Waals surface area contributed by atoms with E-state index in [2.05, 4.69) is 10.0 Å². The summed E-state index contributed by atoms with van der Waals surface area (Å²) in [5.41, 5.74) is 0. The maximum atomic E-state index is 11.3. The van der Waals surface area contributed by atoms with Crippen molar-refractivity contribution in [3.05, 3.63) is 0 Å². The number of urea groups is 1. The van der Waals surface area contributed by atoms with Crippen molar-refractivity contribution in [1.82, 2.24) is 15.4 Å². The van der Waals surface area contributed by atoms with Crippen LogP contribution in [0.4, 0.5) is 4.79 Å². The first-order valence-corrected chi connectivity index (χ1v) is 7.29. The lowest BCUT2D eigenvalue weighted by atomic mass is 10.2. The van der Waals surface area contributed by atoms with E-state index in [0.29, 0.717) is 0 Å². The molecular formula is C9H17N3O7S. The summed E-state index contributed by atoms with van der Waals surface area (Å²) < 4.78 is 24.7. The molecule has 0 aromatic heterocycles. The molecule has 0 aromatic rings. The number of carbonyl (C=O) groups is 3. The van der Waals surface area contributed by atoms with Gasteiger partial charge < -0.3 is 20.8 Å². The van der Waals surface area contributed by atoms with E-state index in [-0.39, 0.29) is 18.8 Å². The highest BCUT2D eigenvalue weighted by molar-refractivity contribution is 7.89. The Bertz CT molecular complexity index is 462. The summed E-state index contributed by atoms with van der Waals surface area (Å²) >= 11 is 0. The number of carboxylic acids is 2. The summed E-state index contributed by atoms with van der Waals surface area (Å²) in [7, 11) is -3.49. The van der Waals surface area contributed by atoms with E-state index in [1.165, 1.54) is 0 Å². The van der Waals surface area contributed by atoms with E-state index in [1.807, 2.05) is 5.32 Å². The van der Waals surface area contributed by atoms with Crippen LogP contribution >= 0.6 is 0 Å². The number of nitrogens with one attached hydrogen (secondary N) is 3. The number of rotatable bonds is 9. The Morgan fingerprint density at radius 1 is 1.20 bits per heavy atom. The Hall–Kier alpha value is -1.88. The lowest BCUT2D eigenvalue weighted by Gasteiger charge is -2.13.